The number of rotatable bonds is 3. The molecule has 1 heterocycles. The van der Waals surface area contributed by atoms with Gasteiger partial charge in [-0.15, -0.1) is 0 Å². The molecule has 0 aliphatic carbocycles. The molecule has 0 aliphatic rings. The van der Waals surface area contributed by atoms with Crippen LogP contribution in [0, 0.1) is 12.7 Å². The number of methoxy groups -OCH3 is 1. The van der Waals surface area contributed by atoms with Crippen molar-refractivity contribution in [3.05, 3.63) is 34.2 Å². The van der Waals surface area contributed by atoms with E-state index in [9.17, 15) is 9.18 Å². The summed E-state index contributed by atoms with van der Waals surface area (Å²) < 4.78 is 23.7. The van der Waals surface area contributed by atoms with Gasteiger partial charge in [0.1, 0.15) is 11.6 Å². The lowest BCUT2D eigenvalue weighted by atomic mass is 10.1. The molecule has 0 bridgehead atoms. The zero-order valence-corrected chi connectivity index (χ0v) is 10.8. The summed E-state index contributed by atoms with van der Waals surface area (Å²) in [7, 11) is 1.37. The van der Waals surface area contributed by atoms with E-state index in [4.69, 9.17) is 26.0 Å². The van der Waals surface area contributed by atoms with Gasteiger partial charge in [0.25, 0.3) is 0 Å². The van der Waals surface area contributed by atoms with Crippen molar-refractivity contribution < 1.29 is 23.6 Å². The maximum absolute atomic E-state index is 13.7. The van der Waals surface area contributed by atoms with Gasteiger partial charge in [-0.25, -0.2) is 9.18 Å². The second-order valence-electron chi connectivity index (χ2n) is 3.76. The van der Waals surface area contributed by atoms with Gasteiger partial charge >= 0.3 is 5.97 Å². The van der Waals surface area contributed by atoms with Gasteiger partial charge in [0.15, 0.2) is 11.5 Å². The molecule has 0 aliphatic heterocycles. The van der Waals surface area contributed by atoms with Crippen LogP contribution in [-0.2, 0) is 0 Å². The summed E-state index contributed by atoms with van der Waals surface area (Å²) in [5.41, 5.74) is 0.292. The van der Waals surface area contributed by atoms with Crippen LogP contribution in [0.2, 0.25) is 5.02 Å². The number of carboxylic acid groups (broad SMARTS) is 1. The second kappa shape index (κ2) is 4.89. The van der Waals surface area contributed by atoms with Crippen molar-refractivity contribution in [2.45, 2.75) is 6.92 Å². The van der Waals surface area contributed by atoms with Gasteiger partial charge in [-0.05, 0) is 13.0 Å². The summed E-state index contributed by atoms with van der Waals surface area (Å²) in [4.78, 5) is 10.7. The Kier molecular flexibility index (Phi) is 3.44. The Morgan fingerprint density at radius 1 is 1.53 bits per heavy atom. The molecule has 1 N–H and O–H groups in total. The Labute approximate surface area is 112 Å². The normalized spacial score (nSPS) is 10.5. The first-order chi connectivity index (χ1) is 8.95. The molecule has 2 rings (SSSR count). The third-order valence-electron chi connectivity index (χ3n) is 2.59. The molecule has 0 saturated carbocycles. The van der Waals surface area contributed by atoms with E-state index < -0.39 is 11.8 Å². The predicted octanol–water partition coefficient (Wildman–Crippen LogP) is 3.15. The smallest absolute Gasteiger partial charge is 0.358 e. The summed E-state index contributed by atoms with van der Waals surface area (Å²) in [6, 6.07) is 2.52. The highest BCUT2D eigenvalue weighted by Crippen LogP contribution is 2.38. The first-order valence-corrected chi connectivity index (χ1v) is 5.56. The lowest BCUT2D eigenvalue weighted by Gasteiger charge is -2.11. The van der Waals surface area contributed by atoms with Gasteiger partial charge in [0.05, 0.1) is 17.7 Å². The van der Waals surface area contributed by atoms with Gasteiger partial charge in [-0.2, -0.15) is 0 Å². The lowest BCUT2D eigenvalue weighted by molar-refractivity contribution is 0.0686. The second-order valence-corrected chi connectivity index (χ2v) is 4.17. The zero-order valence-electron chi connectivity index (χ0n) is 10.0. The molecule has 7 heteroatoms. The molecule has 0 amide bonds. The average molecular weight is 286 g/mol. The Hall–Kier alpha value is -2.08. The van der Waals surface area contributed by atoms with Crippen molar-refractivity contribution in [2.75, 3.05) is 7.11 Å². The lowest BCUT2D eigenvalue weighted by Crippen LogP contribution is -1.96. The minimum absolute atomic E-state index is 0.110. The molecule has 5 nitrogen and oxygen atoms in total. The van der Waals surface area contributed by atoms with E-state index in [0.717, 1.165) is 0 Å². The van der Waals surface area contributed by atoms with E-state index in [-0.39, 0.29) is 27.8 Å². The molecule has 0 spiro atoms. The number of nitrogens with zero attached hydrogens (tertiary/aromatic N) is 1. The minimum Gasteiger partial charge on any atom is -0.496 e. The first-order valence-electron chi connectivity index (χ1n) is 5.18. The van der Waals surface area contributed by atoms with E-state index in [1.165, 1.54) is 26.2 Å². The fourth-order valence-corrected chi connectivity index (χ4v) is 1.94. The van der Waals surface area contributed by atoms with Gasteiger partial charge in [0, 0.05) is 11.6 Å². The van der Waals surface area contributed by atoms with Crippen molar-refractivity contribution in [3.63, 3.8) is 0 Å². The maximum Gasteiger partial charge on any atom is 0.358 e. The van der Waals surface area contributed by atoms with Gasteiger partial charge in [-0.3, -0.25) is 0 Å². The molecule has 0 saturated heterocycles. The van der Waals surface area contributed by atoms with Crippen LogP contribution in [0.4, 0.5) is 4.39 Å². The third kappa shape index (κ3) is 2.26. The number of halogens is 2. The Morgan fingerprint density at radius 2 is 2.21 bits per heavy atom. The fourth-order valence-electron chi connectivity index (χ4n) is 1.69. The molecule has 100 valence electrons. The molecule has 0 radical (unpaired) electrons. The summed E-state index contributed by atoms with van der Waals surface area (Å²) in [6.45, 7) is 1.50. The molecule has 0 fully saturated rings. The van der Waals surface area contributed by atoms with Crippen LogP contribution in [0.3, 0.4) is 0 Å². The average Bonchev–Trinajstić information content (AvgIpc) is 2.85. The van der Waals surface area contributed by atoms with Crippen molar-refractivity contribution in [2.24, 2.45) is 0 Å². The van der Waals surface area contributed by atoms with Crippen molar-refractivity contribution in [1.82, 2.24) is 5.16 Å². The summed E-state index contributed by atoms with van der Waals surface area (Å²) in [6.07, 6.45) is 0. The van der Waals surface area contributed by atoms with Gasteiger partial charge in [0.2, 0.25) is 0 Å². The number of carbonyl (C=O) groups is 1. The molecular weight excluding hydrogens is 277 g/mol. The number of hydrogen-bond acceptors (Lipinski definition) is 4. The van der Waals surface area contributed by atoms with Crippen molar-refractivity contribution in [3.8, 4) is 17.1 Å². The number of hydrogen-bond donors (Lipinski definition) is 1. The minimum atomic E-state index is -1.22. The maximum atomic E-state index is 13.7. The molecule has 1 aromatic carbocycles. The third-order valence-corrected chi connectivity index (χ3v) is 2.87. The number of carboxylic acids is 1. The largest absolute Gasteiger partial charge is 0.496 e. The van der Waals surface area contributed by atoms with Crippen LogP contribution in [0.15, 0.2) is 16.7 Å². The highest BCUT2D eigenvalue weighted by Gasteiger charge is 2.20. The number of aromatic nitrogens is 1. The first kappa shape index (κ1) is 13.4. The molecule has 0 unspecified atom stereocenters. The summed E-state index contributed by atoms with van der Waals surface area (Å²) >= 11 is 5.76. The molecular formula is C12H9ClFNO4. The zero-order chi connectivity index (χ0) is 14.2. The van der Waals surface area contributed by atoms with E-state index in [1.54, 1.807) is 0 Å². The number of aromatic carboxylic acids is 1. The van der Waals surface area contributed by atoms with Gasteiger partial charge < -0.3 is 14.4 Å². The monoisotopic (exact) mass is 285 g/mol. The Bertz CT molecular complexity index is 653. The highest BCUT2D eigenvalue weighted by molar-refractivity contribution is 6.31. The van der Waals surface area contributed by atoms with E-state index in [0.29, 0.717) is 5.56 Å². The van der Waals surface area contributed by atoms with E-state index >= 15 is 0 Å². The SMILES string of the molecule is COc1c(-c2cc(C(=O)O)no2)cc(Cl)c(F)c1C. The van der Waals surface area contributed by atoms with Gasteiger partial charge in [-0.1, -0.05) is 16.8 Å². The Morgan fingerprint density at radius 3 is 2.74 bits per heavy atom. The van der Waals surface area contributed by atoms with Crippen LogP contribution in [0.25, 0.3) is 11.3 Å². The summed E-state index contributed by atoms with van der Waals surface area (Å²) in [5, 5.41) is 12.1. The van der Waals surface area contributed by atoms with Crippen LogP contribution in [0.5, 0.6) is 5.75 Å². The van der Waals surface area contributed by atoms with Crippen LogP contribution in [0.1, 0.15) is 16.1 Å². The summed E-state index contributed by atoms with van der Waals surface area (Å²) in [5.74, 6) is -1.46. The topological polar surface area (TPSA) is 72.6 Å². The molecule has 19 heavy (non-hydrogen) atoms. The molecule has 0 atom stereocenters. The fraction of sp³-hybridized carbons (Fsp3) is 0.167. The molecule has 2 aromatic rings. The van der Waals surface area contributed by atoms with Crippen LogP contribution in [-0.4, -0.2) is 23.3 Å². The van der Waals surface area contributed by atoms with Crippen LogP contribution < -0.4 is 4.74 Å². The van der Waals surface area contributed by atoms with Crippen LogP contribution >= 0.6 is 11.6 Å². The highest BCUT2D eigenvalue weighted by atomic mass is 35.5. The van der Waals surface area contributed by atoms with E-state index in [2.05, 4.69) is 5.16 Å². The quantitative estimate of drug-likeness (QED) is 0.938. The predicted molar refractivity (Wildman–Crippen MR) is 65.2 cm³/mol. The van der Waals surface area contributed by atoms with Crippen molar-refractivity contribution >= 4 is 17.6 Å². The Balaban J connectivity index is 2.63. The standard InChI is InChI=1S/C12H9ClFNO4/c1-5-10(14)7(13)3-6(11(5)18-2)9-4-8(12(16)17)15-19-9/h3-4H,1-2H3,(H,16,17). The van der Waals surface area contributed by atoms with Crippen molar-refractivity contribution in [1.29, 1.82) is 0 Å². The number of ether oxygens (including phenoxy) is 1. The van der Waals surface area contributed by atoms with E-state index in [1.807, 2.05) is 0 Å². The number of benzene rings is 1. The molecule has 1 aromatic heterocycles.